The van der Waals surface area contributed by atoms with Gasteiger partial charge in [0.2, 0.25) is 0 Å². The standard InChI is InChI=1S/C9H8ClF3O2/c1-14-5-3-4-6(15-2)8(10)7(5)9(11,12)13/h3-4H,1-2H3. The predicted molar refractivity (Wildman–Crippen MR) is 49.6 cm³/mol. The number of hydrogen-bond donors (Lipinski definition) is 0. The number of hydrogen-bond acceptors (Lipinski definition) is 2. The Morgan fingerprint density at radius 2 is 1.53 bits per heavy atom. The number of rotatable bonds is 2. The van der Waals surface area contributed by atoms with E-state index < -0.39 is 16.8 Å². The van der Waals surface area contributed by atoms with Crippen LogP contribution in [0, 0.1) is 0 Å². The molecule has 0 aliphatic carbocycles. The summed E-state index contributed by atoms with van der Waals surface area (Å²) in [6.45, 7) is 0. The van der Waals surface area contributed by atoms with Crippen LogP contribution in [-0.4, -0.2) is 14.2 Å². The molecule has 0 spiro atoms. The Bertz CT molecular complexity index is 363. The summed E-state index contributed by atoms with van der Waals surface area (Å²) in [6, 6.07) is 2.48. The lowest BCUT2D eigenvalue weighted by atomic mass is 10.2. The van der Waals surface area contributed by atoms with Crippen LogP contribution in [0.25, 0.3) is 0 Å². The molecule has 0 saturated heterocycles. The lowest BCUT2D eigenvalue weighted by Gasteiger charge is -2.15. The van der Waals surface area contributed by atoms with Gasteiger partial charge >= 0.3 is 6.18 Å². The summed E-state index contributed by atoms with van der Waals surface area (Å²) in [6.07, 6.45) is -4.57. The van der Waals surface area contributed by atoms with Crippen molar-refractivity contribution >= 4 is 11.6 Å². The van der Waals surface area contributed by atoms with Crippen LogP contribution in [0.3, 0.4) is 0 Å². The molecular weight excluding hydrogens is 233 g/mol. The second-order valence-corrected chi connectivity index (χ2v) is 3.03. The van der Waals surface area contributed by atoms with Crippen LogP contribution in [0.2, 0.25) is 5.02 Å². The normalized spacial score (nSPS) is 11.3. The van der Waals surface area contributed by atoms with E-state index in [4.69, 9.17) is 16.3 Å². The van der Waals surface area contributed by atoms with E-state index in [1.807, 2.05) is 0 Å². The first-order chi connectivity index (χ1) is 6.91. The van der Waals surface area contributed by atoms with Gasteiger partial charge in [0.1, 0.15) is 17.1 Å². The first kappa shape index (κ1) is 12.0. The molecule has 0 heterocycles. The van der Waals surface area contributed by atoms with Crippen LogP contribution in [0.5, 0.6) is 11.5 Å². The van der Waals surface area contributed by atoms with Gasteiger partial charge in [0.25, 0.3) is 0 Å². The molecule has 0 atom stereocenters. The molecule has 0 unspecified atom stereocenters. The van der Waals surface area contributed by atoms with Gasteiger partial charge in [-0.3, -0.25) is 0 Å². The van der Waals surface area contributed by atoms with Gasteiger partial charge in [-0.05, 0) is 12.1 Å². The van der Waals surface area contributed by atoms with E-state index in [-0.39, 0.29) is 11.5 Å². The average molecular weight is 241 g/mol. The van der Waals surface area contributed by atoms with Crippen LogP contribution in [0.4, 0.5) is 13.2 Å². The zero-order valence-corrected chi connectivity index (χ0v) is 8.74. The van der Waals surface area contributed by atoms with Crippen LogP contribution in [0.15, 0.2) is 12.1 Å². The second-order valence-electron chi connectivity index (χ2n) is 2.66. The minimum atomic E-state index is -4.57. The highest BCUT2D eigenvalue weighted by Gasteiger charge is 2.38. The molecule has 84 valence electrons. The molecule has 0 N–H and O–H groups in total. The third kappa shape index (κ3) is 2.28. The van der Waals surface area contributed by atoms with Crippen molar-refractivity contribution in [1.29, 1.82) is 0 Å². The zero-order valence-electron chi connectivity index (χ0n) is 7.98. The fourth-order valence-electron chi connectivity index (χ4n) is 1.13. The molecular formula is C9H8ClF3O2. The molecule has 0 radical (unpaired) electrons. The van der Waals surface area contributed by atoms with Crippen molar-refractivity contribution in [2.24, 2.45) is 0 Å². The number of alkyl halides is 3. The first-order valence-corrected chi connectivity index (χ1v) is 4.27. The molecule has 0 bridgehead atoms. The van der Waals surface area contributed by atoms with Crippen molar-refractivity contribution in [3.8, 4) is 11.5 Å². The van der Waals surface area contributed by atoms with Crippen LogP contribution < -0.4 is 9.47 Å². The largest absolute Gasteiger partial charge is 0.496 e. The third-order valence-electron chi connectivity index (χ3n) is 1.79. The number of halogens is 4. The first-order valence-electron chi connectivity index (χ1n) is 3.89. The van der Waals surface area contributed by atoms with Gasteiger partial charge in [0.15, 0.2) is 0 Å². The lowest BCUT2D eigenvalue weighted by Crippen LogP contribution is -2.09. The minimum absolute atomic E-state index is 0.0372. The fourth-order valence-corrected chi connectivity index (χ4v) is 1.47. The monoisotopic (exact) mass is 240 g/mol. The maximum Gasteiger partial charge on any atom is 0.421 e. The summed E-state index contributed by atoms with van der Waals surface area (Å²) >= 11 is 5.55. The van der Waals surface area contributed by atoms with Crippen molar-refractivity contribution in [1.82, 2.24) is 0 Å². The number of methoxy groups -OCH3 is 2. The maximum atomic E-state index is 12.6. The van der Waals surface area contributed by atoms with Gasteiger partial charge in [0, 0.05) is 0 Å². The van der Waals surface area contributed by atoms with E-state index in [0.29, 0.717) is 0 Å². The molecule has 2 nitrogen and oxygen atoms in total. The summed E-state index contributed by atoms with van der Waals surface area (Å²) in [5.41, 5.74) is -1.02. The Hall–Kier alpha value is -1.10. The highest BCUT2D eigenvalue weighted by atomic mass is 35.5. The summed E-state index contributed by atoms with van der Waals surface area (Å²) in [4.78, 5) is 0. The maximum absolute atomic E-state index is 12.6. The van der Waals surface area contributed by atoms with Gasteiger partial charge in [-0.1, -0.05) is 11.6 Å². The van der Waals surface area contributed by atoms with Crippen molar-refractivity contribution in [3.05, 3.63) is 22.7 Å². The quantitative estimate of drug-likeness (QED) is 0.789. The molecule has 0 saturated carbocycles. The van der Waals surface area contributed by atoms with Gasteiger partial charge in [-0.25, -0.2) is 0 Å². The van der Waals surface area contributed by atoms with Gasteiger partial charge in [-0.2, -0.15) is 13.2 Å². The molecule has 0 aromatic heterocycles. The molecule has 15 heavy (non-hydrogen) atoms. The summed E-state index contributed by atoms with van der Waals surface area (Å²) in [7, 11) is 2.39. The Labute approximate surface area is 89.6 Å². The molecule has 0 aliphatic rings. The Balaban J connectivity index is 3.43. The molecule has 0 aliphatic heterocycles. The Morgan fingerprint density at radius 1 is 1.07 bits per heavy atom. The van der Waals surface area contributed by atoms with E-state index in [1.165, 1.54) is 13.2 Å². The molecule has 0 fully saturated rings. The summed E-state index contributed by atoms with van der Waals surface area (Å²) in [5.74, 6) is -0.363. The Morgan fingerprint density at radius 3 is 1.93 bits per heavy atom. The molecule has 1 aromatic rings. The molecule has 0 amide bonds. The van der Waals surface area contributed by atoms with Crippen LogP contribution >= 0.6 is 11.6 Å². The van der Waals surface area contributed by atoms with Crippen LogP contribution in [0.1, 0.15) is 5.56 Å². The highest BCUT2D eigenvalue weighted by Crippen LogP contribution is 2.44. The zero-order chi connectivity index (χ0) is 11.6. The van der Waals surface area contributed by atoms with Crippen molar-refractivity contribution < 1.29 is 22.6 Å². The summed E-state index contributed by atoms with van der Waals surface area (Å²) < 4.78 is 47.1. The van der Waals surface area contributed by atoms with Crippen molar-refractivity contribution in [2.75, 3.05) is 14.2 Å². The second kappa shape index (κ2) is 4.18. The fraction of sp³-hybridized carbons (Fsp3) is 0.333. The SMILES string of the molecule is COc1ccc(OC)c(C(F)(F)F)c1Cl. The van der Waals surface area contributed by atoms with Gasteiger partial charge < -0.3 is 9.47 Å². The number of ether oxygens (including phenoxy) is 2. The predicted octanol–water partition coefficient (Wildman–Crippen LogP) is 3.38. The van der Waals surface area contributed by atoms with Crippen LogP contribution in [-0.2, 0) is 6.18 Å². The van der Waals surface area contributed by atoms with E-state index >= 15 is 0 Å². The smallest absolute Gasteiger partial charge is 0.421 e. The third-order valence-corrected chi connectivity index (χ3v) is 2.17. The molecule has 6 heteroatoms. The number of benzene rings is 1. The van der Waals surface area contributed by atoms with E-state index in [1.54, 1.807) is 0 Å². The lowest BCUT2D eigenvalue weighted by molar-refractivity contribution is -0.138. The molecule has 1 aromatic carbocycles. The van der Waals surface area contributed by atoms with E-state index in [0.717, 1.165) is 13.2 Å². The molecule has 1 rings (SSSR count). The van der Waals surface area contributed by atoms with Gasteiger partial charge in [-0.15, -0.1) is 0 Å². The minimum Gasteiger partial charge on any atom is -0.496 e. The Kier molecular flexibility index (Phi) is 3.34. The van der Waals surface area contributed by atoms with Gasteiger partial charge in [0.05, 0.1) is 19.2 Å². The van der Waals surface area contributed by atoms with E-state index in [9.17, 15) is 13.2 Å². The van der Waals surface area contributed by atoms with Crippen molar-refractivity contribution in [3.63, 3.8) is 0 Å². The average Bonchev–Trinajstić information content (AvgIpc) is 2.15. The summed E-state index contributed by atoms with van der Waals surface area (Å²) in [5, 5.41) is -0.496. The topological polar surface area (TPSA) is 18.5 Å². The highest BCUT2D eigenvalue weighted by molar-refractivity contribution is 6.33. The van der Waals surface area contributed by atoms with Crippen molar-refractivity contribution in [2.45, 2.75) is 6.18 Å². The van der Waals surface area contributed by atoms with E-state index in [2.05, 4.69) is 4.74 Å².